The maximum Gasteiger partial charge on any atom is 0.277 e. The Balaban J connectivity index is 1.38. The maximum atomic E-state index is 13.0. The highest BCUT2D eigenvalue weighted by Crippen LogP contribution is 2.28. The molecule has 5 rings (SSSR count). The molecule has 0 unspecified atom stereocenters. The van der Waals surface area contributed by atoms with E-state index in [1.54, 1.807) is 24.5 Å². The van der Waals surface area contributed by atoms with Crippen molar-refractivity contribution in [1.29, 1.82) is 0 Å². The molecule has 10 nitrogen and oxygen atoms in total. The van der Waals surface area contributed by atoms with Crippen LogP contribution in [0.25, 0.3) is 22.5 Å². The summed E-state index contributed by atoms with van der Waals surface area (Å²) in [4.78, 5) is 9.03. The van der Waals surface area contributed by atoms with Gasteiger partial charge in [0, 0.05) is 32.0 Å². The second-order valence-corrected chi connectivity index (χ2v) is 10.2. The molecule has 0 aliphatic carbocycles. The molecule has 1 saturated heterocycles. The minimum atomic E-state index is -3.58. The molecule has 0 atom stereocenters. The van der Waals surface area contributed by atoms with Gasteiger partial charge in [0.25, 0.3) is 5.22 Å². The molecule has 0 bridgehead atoms. The largest absolute Gasteiger partial charge is 0.411 e. The Bertz CT molecular complexity index is 1360. The minimum absolute atomic E-state index is 0.245. The van der Waals surface area contributed by atoms with E-state index in [4.69, 9.17) is 14.1 Å². The van der Waals surface area contributed by atoms with Gasteiger partial charge in [-0.2, -0.15) is 4.31 Å². The molecule has 4 aromatic rings. The lowest BCUT2D eigenvalue weighted by Gasteiger charge is -2.26. The predicted molar refractivity (Wildman–Crippen MR) is 122 cm³/mol. The van der Waals surface area contributed by atoms with Crippen LogP contribution in [0.2, 0.25) is 0 Å². The van der Waals surface area contributed by atoms with Crippen LogP contribution in [0.5, 0.6) is 0 Å². The summed E-state index contributed by atoms with van der Waals surface area (Å²) >= 11 is 1.38. The Morgan fingerprint density at radius 3 is 2.76 bits per heavy atom. The van der Waals surface area contributed by atoms with Crippen molar-refractivity contribution in [2.75, 3.05) is 26.3 Å². The fourth-order valence-corrected chi connectivity index (χ4v) is 5.86. The second kappa shape index (κ2) is 9.21. The number of nitrogens with zero attached hydrogens (tertiary/aromatic N) is 6. The third-order valence-corrected chi connectivity index (χ3v) is 8.07. The number of fused-ring (bicyclic) bond motifs is 1. The number of hydrogen-bond acceptors (Lipinski definition) is 9. The van der Waals surface area contributed by atoms with Crippen molar-refractivity contribution in [1.82, 2.24) is 29.0 Å². The number of imidazole rings is 1. The van der Waals surface area contributed by atoms with Gasteiger partial charge in [-0.05, 0) is 37.3 Å². The Hall–Kier alpha value is -2.80. The number of benzene rings is 1. The highest BCUT2D eigenvalue weighted by Gasteiger charge is 2.27. The van der Waals surface area contributed by atoms with Crippen LogP contribution in [0, 0.1) is 0 Å². The van der Waals surface area contributed by atoms with E-state index in [0.717, 1.165) is 16.9 Å². The minimum Gasteiger partial charge on any atom is -0.411 e. The number of aryl methyl sites for hydroxylation is 1. The van der Waals surface area contributed by atoms with Crippen LogP contribution >= 0.6 is 11.8 Å². The van der Waals surface area contributed by atoms with Gasteiger partial charge in [-0.15, -0.1) is 10.2 Å². The van der Waals surface area contributed by atoms with Gasteiger partial charge in [0.05, 0.1) is 40.5 Å². The van der Waals surface area contributed by atoms with Crippen molar-refractivity contribution in [3.63, 3.8) is 0 Å². The zero-order valence-corrected chi connectivity index (χ0v) is 19.5. The average Bonchev–Trinajstić information content (AvgIpc) is 3.47. The number of pyridine rings is 1. The van der Waals surface area contributed by atoms with Crippen molar-refractivity contribution in [2.24, 2.45) is 0 Å². The number of hydrogen-bond donors (Lipinski definition) is 0. The molecule has 1 aromatic carbocycles. The summed E-state index contributed by atoms with van der Waals surface area (Å²) in [5.74, 6) is 1.72. The van der Waals surface area contributed by atoms with Crippen molar-refractivity contribution in [2.45, 2.75) is 29.3 Å². The van der Waals surface area contributed by atoms with Crippen molar-refractivity contribution in [3.05, 3.63) is 48.5 Å². The van der Waals surface area contributed by atoms with Gasteiger partial charge >= 0.3 is 0 Å². The van der Waals surface area contributed by atoms with Crippen LogP contribution < -0.4 is 0 Å². The number of morpholine rings is 1. The van der Waals surface area contributed by atoms with Crippen molar-refractivity contribution >= 4 is 32.8 Å². The van der Waals surface area contributed by atoms with Crippen molar-refractivity contribution in [3.8, 4) is 11.5 Å². The van der Waals surface area contributed by atoms with E-state index < -0.39 is 10.0 Å². The first-order valence-corrected chi connectivity index (χ1v) is 12.9. The number of ether oxygens (including phenoxy) is 1. The summed E-state index contributed by atoms with van der Waals surface area (Å²) in [6.07, 6.45) is 3.35. The Kier molecular flexibility index (Phi) is 6.15. The summed E-state index contributed by atoms with van der Waals surface area (Å²) < 4.78 is 40.6. The van der Waals surface area contributed by atoms with Crippen molar-refractivity contribution < 1.29 is 17.6 Å². The van der Waals surface area contributed by atoms with E-state index in [1.807, 2.05) is 25.1 Å². The third-order valence-electron chi connectivity index (χ3n) is 5.36. The highest BCUT2D eigenvalue weighted by atomic mass is 32.2. The van der Waals surface area contributed by atoms with Crippen LogP contribution in [0.1, 0.15) is 12.7 Å². The zero-order valence-electron chi connectivity index (χ0n) is 17.9. The molecule has 0 N–H and O–H groups in total. The first-order valence-electron chi connectivity index (χ1n) is 10.5. The molecule has 12 heteroatoms. The summed E-state index contributed by atoms with van der Waals surface area (Å²) in [6.45, 7) is 4.26. The first kappa shape index (κ1) is 22.0. The highest BCUT2D eigenvalue weighted by molar-refractivity contribution is 7.98. The monoisotopic (exact) mass is 486 g/mol. The molecule has 1 aliphatic rings. The molecule has 3 aromatic heterocycles. The fraction of sp³-hybridized carbons (Fsp3) is 0.333. The number of sulfonamides is 1. The summed E-state index contributed by atoms with van der Waals surface area (Å²) in [5, 5.41) is 8.61. The van der Waals surface area contributed by atoms with Crippen LogP contribution in [-0.4, -0.2) is 63.8 Å². The molecule has 1 aliphatic heterocycles. The molecular formula is C21H22N6O4S2. The van der Waals surface area contributed by atoms with Gasteiger partial charge in [-0.1, -0.05) is 11.8 Å². The summed E-state index contributed by atoms with van der Waals surface area (Å²) in [7, 11) is -3.58. The van der Waals surface area contributed by atoms with Crippen LogP contribution in [0.4, 0.5) is 0 Å². The van der Waals surface area contributed by atoms with Gasteiger partial charge in [-0.25, -0.2) is 13.4 Å². The lowest BCUT2D eigenvalue weighted by molar-refractivity contribution is 0.0730. The summed E-state index contributed by atoms with van der Waals surface area (Å²) in [5.41, 5.74) is 2.28. The molecule has 172 valence electrons. The molecule has 0 saturated carbocycles. The smallest absolute Gasteiger partial charge is 0.277 e. The lowest BCUT2D eigenvalue weighted by atomic mass is 10.3. The van der Waals surface area contributed by atoms with E-state index in [2.05, 4.69) is 19.7 Å². The van der Waals surface area contributed by atoms with E-state index in [-0.39, 0.29) is 4.90 Å². The van der Waals surface area contributed by atoms with Gasteiger partial charge < -0.3 is 13.7 Å². The lowest BCUT2D eigenvalue weighted by Crippen LogP contribution is -2.40. The SMILES string of the molecule is CCn1c(CSc2nnc(-c3cccnc3)o2)nc2cc(S(=O)(=O)N3CCOCC3)ccc21. The standard InChI is InChI=1S/C21H22N6O4S2/c1-2-27-18-6-5-16(33(28,29)26-8-10-30-11-9-26)12-17(18)23-19(27)14-32-21-25-24-20(31-21)15-4-3-7-22-13-15/h3-7,12-13H,2,8-11,14H2,1H3. The molecule has 0 radical (unpaired) electrons. The van der Waals surface area contributed by atoms with E-state index in [9.17, 15) is 8.42 Å². The van der Waals surface area contributed by atoms with Crippen LogP contribution in [0.15, 0.2) is 57.3 Å². The van der Waals surface area contributed by atoms with Crippen LogP contribution in [-0.2, 0) is 27.1 Å². The van der Waals surface area contributed by atoms with Gasteiger partial charge in [-0.3, -0.25) is 4.98 Å². The Labute approximate surface area is 195 Å². The van der Waals surface area contributed by atoms with Gasteiger partial charge in [0.1, 0.15) is 5.82 Å². The molecule has 33 heavy (non-hydrogen) atoms. The molecule has 1 fully saturated rings. The number of aromatic nitrogens is 5. The topological polar surface area (TPSA) is 116 Å². The maximum absolute atomic E-state index is 13.0. The second-order valence-electron chi connectivity index (χ2n) is 7.34. The third kappa shape index (κ3) is 4.38. The summed E-state index contributed by atoms with van der Waals surface area (Å²) in [6, 6.07) is 8.78. The van der Waals surface area contributed by atoms with E-state index in [1.165, 1.54) is 16.1 Å². The van der Waals surface area contributed by atoms with E-state index in [0.29, 0.717) is 55.2 Å². The molecule has 0 spiro atoms. The normalized spacial score (nSPS) is 15.3. The number of thioether (sulfide) groups is 1. The molecular weight excluding hydrogens is 464 g/mol. The average molecular weight is 487 g/mol. The van der Waals surface area contributed by atoms with Gasteiger partial charge in [0.2, 0.25) is 15.9 Å². The number of rotatable bonds is 7. The van der Waals surface area contributed by atoms with Gasteiger partial charge in [0.15, 0.2) is 0 Å². The quantitative estimate of drug-likeness (QED) is 0.364. The Morgan fingerprint density at radius 2 is 2.00 bits per heavy atom. The molecule has 0 amide bonds. The first-order chi connectivity index (χ1) is 16.1. The predicted octanol–water partition coefficient (Wildman–Crippen LogP) is 2.81. The van der Waals surface area contributed by atoms with Crippen LogP contribution in [0.3, 0.4) is 0 Å². The molecule has 4 heterocycles. The zero-order chi connectivity index (χ0) is 22.8. The van der Waals surface area contributed by atoms with E-state index >= 15 is 0 Å². The Morgan fingerprint density at radius 1 is 1.15 bits per heavy atom. The fourth-order valence-electron chi connectivity index (χ4n) is 3.72.